The van der Waals surface area contributed by atoms with Gasteiger partial charge in [0.2, 0.25) is 5.78 Å². The maximum atomic E-state index is 12.5. The number of ketones is 2. The second-order valence-corrected chi connectivity index (χ2v) is 6.13. The summed E-state index contributed by atoms with van der Waals surface area (Å²) in [6.07, 6.45) is 3.68. The third-order valence-electron chi connectivity index (χ3n) is 4.05. The van der Waals surface area contributed by atoms with Gasteiger partial charge in [-0.3, -0.25) is 9.59 Å². The van der Waals surface area contributed by atoms with Gasteiger partial charge in [-0.1, -0.05) is 18.2 Å². The van der Waals surface area contributed by atoms with Gasteiger partial charge >= 0.3 is 0 Å². The molecular weight excluding hydrogens is 332 g/mol. The van der Waals surface area contributed by atoms with E-state index in [1.54, 1.807) is 24.3 Å². The van der Waals surface area contributed by atoms with Crippen molar-refractivity contribution in [2.24, 2.45) is 0 Å². The quantitative estimate of drug-likeness (QED) is 0.790. The number of carbonyl (C=O) groups is 2. The lowest BCUT2D eigenvalue weighted by Gasteiger charge is -2.15. The molecule has 5 heteroatoms. The van der Waals surface area contributed by atoms with E-state index in [-0.39, 0.29) is 23.9 Å². The van der Waals surface area contributed by atoms with Gasteiger partial charge in [-0.05, 0) is 42.8 Å². The zero-order valence-electron chi connectivity index (χ0n) is 14.2. The van der Waals surface area contributed by atoms with E-state index in [4.69, 9.17) is 14.2 Å². The second kappa shape index (κ2) is 6.52. The Morgan fingerprint density at radius 2 is 2.04 bits per heavy atom. The van der Waals surface area contributed by atoms with E-state index in [1.807, 2.05) is 30.3 Å². The van der Waals surface area contributed by atoms with E-state index in [0.717, 1.165) is 16.9 Å². The smallest absolute Gasteiger partial charge is 0.231 e. The summed E-state index contributed by atoms with van der Waals surface area (Å²) in [6, 6.07) is 12.6. The van der Waals surface area contributed by atoms with Crippen LogP contribution in [0.3, 0.4) is 0 Å². The number of allylic oxidation sites excluding steroid dienone is 1. The molecule has 2 aromatic rings. The molecule has 0 bridgehead atoms. The van der Waals surface area contributed by atoms with Gasteiger partial charge in [0.15, 0.2) is 11.5 Å². The fraction of sp³-hybridized carbons (Fsp3) is 0.143. The molecule has 0 saturated carbocycles. The molecule has 4 rings (SSSR count). The lowest BCUT2D eigenvalue weighted by Crippen LogP contribution is -2.08. The fourth-order valence-corrected chi connectivity index (χ4v) is 2.83. The highest BCUT2D eigenvalue weighted by Crippen LogP contribution is 2.35. The third-order valence-corrected chi connectivity index (χ3v) is 4.05. The van der Waals surface area contributed by atoms with Crippen molar-refractivity contribution in [1.82, 2.24) is 0 Å². The molecule has 0 fully saturated rings. The molecule has 5 nitrogen and oxygen atoms in total. The minimum atomic E-state index is -0.183. The highest BCUT2D eigenvalue weighted by molar-refractivity contribution is 6.12. The predicted molar refractivity (Wildman–Crippen MR) is 95.6 cm³/mol. The van der Waals surface area contributed by atoms with Crippen LogP contribution in [0.25, 0.3) is 6.08 Å². The Bertz CT molecular complexity index is 968. The molecule has 0 aliphatic carbocycles. The molecule has 2 aliphatic rings. The van der Waals surface area contributed by atoms with Gasteiger partial charge in [-0.15, -0.1) is 0 Å². The van der Waals surface area contributed by atoms with Crippen LogP contribution >= 0.6 is 0 Å². The minimum Gasteiger partial charge on any atom is -0.488 e. The zero-order valence-corrected chi connectivity index (χ0v) is 14.2. The van der Waals surface area contributed by atoms with Crippen LogP contribution in [-0.2, 0) is 4.79 Å². The molecule has 2 aromatic carbocycles. The minimum absolute atomic E-state index is 0.0148. The van der Waals surface area contributed by atoms with E-state index >= 15 is 0 Å². The molecule has 0 atom stereocenters. The summed E-state index contributed by atoms with van der Waals surface area (Å²) >= 11 is 0. The van der Waals surface area contributed by atoms with Crippen molar-refractivity contribution >= 4 is 17.6 Å². The lowest BCUT2D eigenvalue weighted by molar-refractivity contribution is -0.118. The van der Waals surface area contributed by atoms with E-state index in [0.29, 0.717) is 23.7 Å². The maximum absolute atomic E-state index is 12.5. The number of hydrogen-bond donors (Lipinski definition) is 0. The number of fused-ring (bicyclic) bond motifs is 2. The number of Topliss-reactive ketones (excluding diaryl/α,β-unsaturated/α-hetero) is 2. The van der Waals surface area contributed by atoms with Gasteiger partial charge in [0, 0.05) is 11.6 Å². The SMILES string of the molecule is CC(=O)COc1ccc2c(c1)OC(=CC1=Cc3ccccc3OC1)C2=O. The Morgan fingerprint density at radius 1 is 1.19 bits per heavy atom. The van der Waals surface area contributed by atoms with Gasteiger partial charge in [0.25, 0.3) is 0 Å². The topological polar surface area (TPSA) is 61.8 Å². The normalized spacial score (nSPS) is 16.3. The molecule has 130 valence electrons. The molecule has 2 aliphatic heterocycles. The average molecular weight is 348 g/mol. The first-order chi connectivity index (χ1) is 12.6. The summed E-state index contributed by atoms with van der Waals surface area (Å²) in [4.78, 5) is 23.6. The van der Waals surface area contributed by atoms with Gasteiger partial charge in [-0.25, -0.2) is 0 Å². The van der Waals surface area contributed by atoms with Crippen molar-refractivity contribution < 1.29 is 23.8 Å². The zero-order chi connectivity index (χ0) is 18.1. The molecule has 0 aromatic heterocycles. The first kappa shape index (κ1) is 16.1. The summed E-state index contributed by atoms with van der Waals surface area (Å²) in [5.74, 6) is 1.73. The van der Waals surface area contributed by atoms with Crippen LogP contribution in [0.4, 0.5) is 0 Å². The highest BCUT2D eigenvalue weighted by Gasteiger charge is 2.28. The summed E-state index contributed by atoms with van der Waals surface area (Å²) in [5, 5.41) is 0. The number of hydrogen-bond acceptors (Lipinski definition) is 5. The lowest BCUT2D eigenvalue weighted by atomic mass is 10.1. The third kappa shape index (κ3) is 3.11. The Morgan fingerprint density at radius 3 is 2.88 bits per heavy atom. The Hall–Kier alpha value is -3.34. The molecule has 2 heterocycles. The number of rotatable bonds is 4. The fourth-order valence-electron chi connectivity index (χ4n) is 2.83. The van der Waals surface area contributed by atoms with Crippen molar-refractivity contribution in [3.05, 3.63) is 71.0 Å². The van der Waals surface area contributed by atoms with E-state index in [2.05, 4.69) is 0 Å². The number of ether oxygens (including phenoxy) is 3. The summed E-state index contributed by atoms with van der Waals surface area (Å²) < 4.78 is 16.8. The first-order valence-electron chi connectivity index (χ1n) is 8.23. The van der Waals surface area contributed by atoms with Crippen molar-refractivity contribution in [1.29, 1.82) is 0 Å². The van der Waals surface area contributed by atoms with E-state index in [9.17, 15) is 9.59 Å². The van der Waals surface area contributed by atoms with Crippen molar-refractivity contribution in [2.45, 2.75) is 6.92 Å². The van der Waals surface area contributed by atoms with Crippen LogP contribution in [-0.4, -0.2) is 24.8 Å². The Labute approximate surface area is 150 Å². The van der Waals surface area contributed by atoms with Crippen molar-refractivity contribution in [3.63, 3.8) is 0 Å². The van der Waals surface area contributed by atoms with Gasteiger partial charge in [0.05, 0.1) is 5.56 Å². The molecule has 0 N–H and O–H groups in total. The number of carbonyl (C=O) groups excluding carboxylic acids is 2. The predicted octanol–water partition coefficient (Wildman–Crippen LogP) is 3.59. The van der Waals surface area contributed by atoms with Crippen molar-refractivity contribution in [3.8, 4) is 17.2 Å². The highest BCUT2D eigenvalue weighted by atomic mass is 16.5. The van der Waals surface area contributed by atoms with E-state index < -0.39 is 0 Å². The molecule has 0 radical (unpaired) electrons. The van der Waals surface area contributed by atoms with E-state index in [1.165, 1.54) is 6.92 Å². The Kier molecular flexibility index (Phi) is 4.05. The summed E-state index contributed by atoms with van der Waals surface area (Å²) in [7, 11) is 0. The number of para-hydroxylation sites is 1. The van der Waals surface area contributed by atoms with Crippen LogP contribution in [0, 0.1) is 0 Å². The van der Waals surface area contributed by atoms with Crippen LogP contribution in [0.5, 0.6) is 17.2 Å². The van der Waals surface area contributed by atoms with Gasteiger partial charge < -0.3 is 14.2 Å². The molecule has 26 heavy (non-hydrogen) atoms. The second-order valence-electron chi connectivity index (χ2n) is 6.13. The van der Waals surface area contributed by atoms with Crippen LogP contribution < -0.4 is 14.2 Å². The molecule has 0 saturated heterocycles. The summed E-state index contributed by atoms with van der Waals surface area (Å²) in [5.41, 5.74) is 2.30. The van der Waals surface area contributed by atoms with Crippen LogP contribution in [0.15, 0.2) is 59.9 Å². The maximum Gasteiger partial charge on any atom is 0.231 e. The number of benzene rings is 2. The van der Waals surface area contributed by atoms with Crippen LogP contribution in [0.2, 0.25) is 0 Å². The Balaban J connectivity index is 1.57. The molecule has 0 spiro atoms. The molecule has 0 amide bonds. The molecule has 0 unspecified atom stereocenters. The first-order valence-corrected chi connectivity index (χ1v) is 8.23. The summed E-state index contributed by atoms with van der Waals surface area (Å²) in [6.45, 7) is 1.81. The molecular formula is C21H16O5. The monoisotopic (exact) mass is 348 g/mol. The van der Waals surface area contributed by atoms with Crippen molar-refractivity contribution in [2.75, 3.05) is 13.2 Å². The largest absolute Gasteiger partial charge is 0.488 e. The van der Waals surface area contributed by atoms with Crippen LogP contribution in [0.1, 0.15) is 22.8 Å². The van der Waals surface area contributed by atoms with Gasteiger partial charge in [0.1, 0.15) is 30.5 Å². The average Bonchev–Trinajstić information content (AvgIpc) is 2.95. The van der Waals surface area contributed by atoms with Gasteiger partial charge in [-0.2, -0.15) is 0 Å². The standard InChI is InChI=1S/C21H16O5/c1-13(22)11-24-16-6-7-17-19(10-16)26-20(21(17)23)9-14-8-15-4-2-3-5-18(15)25-12-14/h2-10H,11-12H2,1H3.